The molecule has 0 unspecified atom stereocenters. The number of hydrogen-bond donors (Lipinski definition) is 0. The smallest absolute Gasteiger partial charge is 0.126 e. The van der Waals surface area contributed by atoms with Gasteiger partial charge in [0.15, 0.2) is 0 Å². The van der Waals surface area contributed by atoms with Crippen LogP contribution in [0.4, 0.5) is 0 Å². The molecule has 0 fully saturated rings. The fourth-order valence-electron chi connectivity index (χ4n) is 14.5. The first-order chi connectivity index (χ1) is 47.6. The van der Waals surface area contributed by atoms with Gasteiger partial charge in [0.1, 0.15) is 28.7 Å². The van der Waals surface area contributed by atoms with Crippen molar-refractivity contribution in [2.75, 3.05) is 33.0 Å². The first-order valence-corrected chi connectivity index (χ1v) is 41.6. The molecule has 5 aromatic rings. The van der Waals surface area contributed by atoms with Gasteiger partial charge in [0, 0.05) is 32.1 Å². The molecule has 0 N–H and O–H groups in total. The summed E-state index contributed by atoms with van der Waals surface area (Å²) in [6, 6.07) is 25.3. The summed E-state index contributed by atoms with van der Waals surface area (Å²) in [7, 11) is 0. The molecular formula is C95H150O5. The fourth-order valence-corrected chi connectivity index (χ4v) is 14.5. The van der Waals surface area contributed by atoms with Crippen molar-refractivity contribution in [3.05, 3.63) is 144 Å². The quantitative estimate of drug-likeness (QED) is 0.0359. The molecule has 5 aromatic carbocycles. The topological polar surface area (TPSA) is 46.2 Å². The van der Waals surface area contributed by atoms with Gasteiger partial charge < -0.3 is 23.7 Å². The number of unbranched alkanes of at least 4 members (excludes halogenated alkanes) is 25. The van der Waals surface area contributed by atoms with Gasteiger partial charge >= 0.3 is 0 Å². The van der Waals surface area contributed by atoms with Crippen LogP contribution >= 0.6 is 0 Å². The Kier molecular flexibility index (Phi) is 34.9. The van der Waals surface area contributed by atoms with Gasteiger partial charge in [-0.3, -0.25) is 0 Å². The zero-order valence-electron chi connectivity index (χ0n) is 68.6. The summed E-state index contributed by atoms with van der Waals surface area (Å²) < 4.78 is 37.9. The minimum atomic E-state index is -0.149. The summed E-state index contributed by atoms with van der Waals surface area (Å²) in [5.41, 5.74) is 18.3. The summed E-state index contributed by atoms with van der Waals surface area (Å²) >= 11 is 0. The van der Waals surface area contributed by atoms with E-state index in [2.05, 4.69) is 199 Å². The molecule has 0 saturated carbocycles. The Hall–Kier alpha value is -4.90. The molecule has 0 heterocycles. The first kappa shape index (κ1) is 84.0. The van der Waals surface area contributed by atoms with Crippen LogP contribution in [0.3, 0.4) is 0 Å². The van der Waals surface area contributed by atoms with Crippen LogP contribution in [-0.2, 0) is 59.2 Å². The second kappa shape index (κ2) is 41.6. The number of benzene rings is 5. The van der Waals surface area contributed by atoms with Gasteiger partial charge in [-0.15, -0.1) is 0 Å². The molecule has 10 bridgehead atoms. The summed E-state index contributed by atoms with van der Waals surface area (Å²) in [4.78, 5) is 0. The fraction of sp³-hybridized carbons (Fsp3) is 0.684. The van der Waals surface area contributed by atoms with Crippen LogP contribution in [0.25, 0.3) is 0 Å². The second-order valence-corrected chi connectivity index (χ2v) is 35.8. The third-order valence-electron chi connectivity index (χ3n) is 21.2. The lowest BCUT2D eigenvalue weighted by Crippen LogP contribution is -2.18. The van der Waals surface area contributed by atoms with Crippen molar-refractivity contribution in [3.8, 4) is 28.7 Å². The van der Waals surface area contributed by atoms with E-state index in [-0.39, 0.29) is 27.1 Å². The van der Waals surface area contributed by atoms with E-state index in [1.807, 2.05) is 0 Å². The summed E-state index contributed by atoms with van der Waals surface area (Å²) in [5, 5.41) is 0. The van der Waals surface area contributed by atoms with Crippen molar-refractivity contribution < 1.29 is 23.7 Å². The lowest BCUT2D eigenvalue weighted by atomic mass is 9.79. The van der Waals surface area contributed by atoms with E-state index in [9.17, 15) is 0 Å². The molecule has 1 aliphatic carbocycles. The average molecular weight is 1370 g/mol. The monoisotopic (exact) mass is 1370 g/mol. The Morgan fingerprint density at radius 3 is 0.430 bits per heavy atom. The molecule has 6 rings (SSSR count). The molecular weight excluding hydrogens is 1220 g/mol. The second-order valence-electron chi connectivity index (χ2n) is 35.8. The minimum absolute atomic E-state index is 0.149. The zero-order valence-corrected chi connectivity index (χ0v) is 68.6. The van der Waals surface area contributed by atoms with Gasteiger partial charge in [0.05, 0.1) is 33.0 Å². The molecule has 0 aliphatic heterocycles. The molecule has 0 amide bonds. The summed E-state index contributed by atoms with van der Waals surface area (Å²) in [6.07, 6.45) is 39.5. The highest BCUT2D eigenvalue weighted by Crippen LogP contribution is 2.46. The van der Waals surface area contributed by atoms with E-state index in [4.69, 9.17) is 23.7 Å². The van der Waals surface area contributed by atoms with Crippen LogP contribution in [0.1, 0.15) is 415 Å². The van der Waals surface area contributed by atoms with E-state index in [1.165, 1.54) is 212 Å². The van der Waals surface area contributed by atoms with Crippen molar-refractivity contribution in [1.82, 2.24) is 0 Å². The van der Waals surface area contributed by atoms with Crippen LogP contribution < -0.4 is 23.7 Å². The molecule has 100 heavy (non-hydrogen) atoms. The molecule has 0 radical (unpaired) electrons. The number of hydrogen-bond acceptors (Lipinski definition) is 5. The van der Waals surface area contributed by atoms with Crippen molar-refractivity contribution in [3.63, 3.8) is 0 Å². The summed E-state index contributed by atoms with van der Waals surface area (Å²) in [5.74, 6) is 5.17. The van der Waals surface area contributed by atoms with Gasteiger partial charge in [0.2, 0.25) is 0 Å². The molecule has 0 aromatic heterocycles. The van der Waals surface area contributed by atoms with Gasteiger partial charge in [0.25, 0.3) is 0 Å². The van der Waals surface area contributed by atoms with Gasteiger partial charge in [-0.1, -0.05) is 360 Å². The number of rotatable bonds is 40. The number of fused-ring (bicyclic) bond motifs is 10. The highest BCUT2D eigenvalue weighted by Gasteiger charge is 2.31. The van der Waals surface area contributed by atoms with Gasteiger partial charge in [-0.25, -0.2) is 0 Å². The van der Waals surface area contributed by atoms with E-state index in [1.54, 1.807) is 0 Å². The zero-order chi connectivity index (χ0) is 72.9. The molecule has 1 aliphatic rings. The Morgan fingerprint density at radius 1 is 0.190 bits per heavy atom. The Balaban J connectivity index is 1.83. The molecule has 560 valence electrons. The predicted molar refractivity (Wildman–Crippen MR) is 434 cm³/mol. The molecule has 0 spiro atoms. The van der Waals surface area contributed by atoms with Crippen LogP contribution in [0, 0.1) is 0 Å². The van der Waals surface area contributed by atoms with Gasteiger partial charge in [-0.2, -0.15) is 0 Å². The van der Waals surface area contributed by atoms with Crippen molar-refractivity contribution >= 4 is 0 Å². The van der Waals surface area contributed by atoms with E-state index in [0.717, 1.165) is 93.0 Å². The standard InChI is InChI=1S/C95H150O5/c1-21-26-31-36-41-46-51-96-86-71-56-73-63-82(92(9,10)11)65-75(87(73)97-52-47-42-37-32-27-22-2)58-77-67-84(94(15,16)17)69-79(89(77)99-54-49-44-39-34-29-24-4)60-80-70-85(95(18,19)20)68-78(90(80)100-55-50-45-40-35-30-25-5)59-76-66-83(93(12,13)14)64-74(57-72(86)62-81(61-71)91(6,7)8)88(76)98-53-48-43-38-33-28-23-3/h61-70H,21-60H2,1-20H3. The maximum atomic E-state index is 7.58. The Morgan fingerprint density at radius 2 is 0.310 bits per heavy atom. The molecule has 0 saturated heterocycles. The minimum Gasteiger partial charge on any atom is -0.493 e. The summed E-state index contributed by atoms with van der Waals surface area (Å²) in [6.45, 7) is 50.9. The van der Waals surface area contributed by atoms with Crippen LogP contribution in [0.2, 0.25) is 0 Å². The maximum absolute atomic E-state index is 7.58. The average Bonchev–Trinajstić information content (AvgIpc) is 0.771. The largest absolute Gasteiger partial charge is 0.493 e. The van der Waals surface area contributed by atoms with Crippen molar-refractivity contribution in [2.24, 2.45) is 0 Å². The highest BCUT2D eigenvalue weighted by molar-refractivity contribution is 5.61. The van der Waals surface area contributed by atoms with Crippen molar-refractivity contribution in [1.29, 1.82) is 0 Å². The Labute approximate surface area is 616 Å². The molecule has 5 heteroatoms. The SMILES string of the molecule is CCCCCCCCOc1c2cc(C(C)(C)C)cc1Cc1cc(C(C)(C)C)cc(c1OCCCCCCCC)Cc1cc(C(C)(C)C)cc(c1OCCCCCCCC)Cc1cc(C(C)(C)C)cc(c1OCCCCCCCC)Cc1cc(C(C)(C)C)cc(c1OCCCCCCCC)C2. The predicted octanol–water partition coefficient (Wildman–Crippen LogP) is 28.1. The first-order valence-electron chi connectivity index (χ1n) is 41.6. The van der Waals surface area contributed by atoms with Crippen LogP contribution in [-0.4, -0.2) is 33.0 Å². The normalized spacial score (nSPS) is 13.2. The van der Waals surface area contributed by atoms with E-state index < -0.39 is 0 Å². The molecule has 0 atom stereocenters. The lowest BCUT2D eigenvalue weighted by Gasteiger charge is -2.29. The van der Waals surface area contributed by atoms with E-state index >= 15 is 0 Å². The maximum Gasteiger partial charge on any atom is 0.126 e. The van der Waals surface area contributed by atoms with Crippen LogP contribution in [0.15, 0.2) is 60.7 Å². The van der Waals surface area contributed by atoms with Crippen LogP contribution in [0.5, 0.6) is 28.7 Å². The number of ether oxygens (including phenoxy) is 5. The third kappa shape index (κ3) is 27.3. The van der Waals surface area contributed by atoms with Crippen molar-refractivity contribution in [2.45, 2.75) is 390 Å². The van der Waals surface area contributed by atoms with E-state index in [0.29, 0.717) is 65.1 Å². The third-order valence-corrected chi connectivity index (χ3v) is 21.2. The molecule has 5 nitrogen and oxygen atoms in total. The van der Waals surface area contributed by atoms with Gasteiger partial charge in [-0.05, 0) is 143 Å². The lowest BCUT2D eigenvalue weighted by molar-refractivity contribution is 0.292. The Bertz CT molecular complexity index is 2580. The highest BCUT2D eigenvalue weighted by atomic mass is 16.5.